The Kier molecular flexibility index (Phi) is 4.91. The fourth-order valence-corrected chi connectivity index (χ4v) is 3.82. The molecule has 3 amide bonds. The molecule has 1 aliphatic heterocycles. The van der Waals surface area contributed by atoms with Gasteiger partial charge >= 0.3 is 0 Å². The number of carbonyl (C=O) groups is 3. The smallest absolute Gasteiger partial charge is 0.294 e. The number of nitrogens with one attached hydrogen (secondary N) is 1. The van der Waals surface area contributed by atoms with Crippen molar-refractivity contribution >= 4 is 51.9 Å². The number of phenolic OH excluding ortho intramolecular Hbond substituents is 1. The summed E-state index contributed by atoms with van der Waals surface area (Å²) in [5.41, 5.74) is 1.20. The van der Waals surface area contributed by atoms with Crippen LogP contribution in [0.25, 0.3) is 6.08 Å². The van der Waals surface area contributed by atoms with Crippen molar-refractivity contribution in [2.45, 2.75) is 6.92 Å². The quantitative estimate of drug-likeness (QED) is 0.632. The second-order valence-electron chi connectivity index (χ2n) is 5.33. The van der Waals surface area contributed by atoms with Crippen molar-refractivity contribution in [1.82, 2.24) is 4.90 Å². The van der Waals surface area contributed by atoms with Gasteiger partial charge in [-0.1, -0.05) is 6.07 Å². The summed E-state index contributed by atoms with van der Waals surface area (Å²) >= 11 is 2.29. The lowest BCUT2D eigenvalue weighted by Crippen LogP contribution is -2.36. The van der Waals surface area contributed by atoms with Crippen molar-refractivity contribution in [2.75, 3.05) is 11.9 Å². The SMILES string of the molecule is Cc1cc(O)ccc1NC(=O)CN1C(=O)S/C(=C\c2cccs2)C1=O. The molecule has 1 fully saturated rings. The maximum absolute atomic E-state index is 12.3. The largest absolute Gasteiger partial charge is 0.508 e. The van der Waals surface area contributed by atoms with Crippen molar-refractivity contribution in [3.05, 3.63) is 51.1 Å². The highest BCUT2D eigenvalue weighted by Crippen LogP contribution is 2.32. The standard InChI is InChI=1S/C17H14N2O4S2/c1-10-7-11(20)4-5-13(10)18-15(21)9-19-16(22)14(25-17(19)23)8-12-3-2-6-24-12/h2-8,20H,9H2,1H3,(H,18,21)/b14-8-. The first-order valence-electron chi connectivity index (χ1n) is 7.32. The summed E-state index contributed by atoms with van der Waals surface area (Å²) in [6.45, 7) is 1.38. The molecule has 128 valence electrons. The van der Waals surface area contributed by atoms with Gasteiger partial charge in [0, 0.05) is 10.6 Å². The van der Waals surface area contributed by atoms with Crippen LogP contribution in [-0.2, 0) is 9.59 Å². The monoisotopic (exact) mass is 374 g/mol. The molecule has 6 nitrogen and oxygen atoms in total. The highest BCUT2D eigenvalue weighted by Gasteiger charge is 2.36. The third-order valence-corrected chi connectivity index (χ3v) is 5.20. The van der Waals surface area contributed by atoms with Gasteiger partial charge in [-0.2, -0.15) is 0 Å². The van der Waals surface area contributed by atoms with E-state index in [2.05, 4.69) is 5.32 Å². The van der Waals surface area contributed by atoms with Gasteiger partial charge in [0.25, 0.3) is 11.1 Å². The summed E-state index contributed by atoms with van der Waals surface area (Å²) in [6, 6.07) is 8.23. The fourth-order valence-electron chi connectivity index (χ4n) is 2.26. The van der Waals surface area contributed by atoms with Crippen LogP contribution < -0.4 is 5.32 Å². The first-order valence-corrected chi connectivity index (χ1v) is 9.02. The summed E-state index contributed by atoms with van der Waals surface area (Å²) in [5, 5.41) is 13.4. The Bertz CT molecular complexity index is 875. The number of aromatic hydroxyl groups is 1. The lowest BCUT2D eigenvalue weighted by molar-refractivity contribution is -0.127. The Morgan fingerprint density at radius 3 is 2.80 bits per heavy atom. The number of imide groups is 1. The lowest BCUT2D eigenvalue weighted by atomic mass is 10.2. The zero-order valence-electron chi connectivity index (χ0n) is 13.2. The number of phenols is 1. The van der Waals surface area contributed by atoms with Gasteiger partial charge in [-0.3, -0.25) is 19.3 Å². The van der Waals surface area contributed by atoms with Crippen LogP contribution in [-0.4, -0.2) is 33.6 Å². The first-order chi connectivity index (χ1) is 11.9. The Morgan fingerprint density at radius 2 is 2.12 bits per heavy atom. The number of aryl methyl sites for hydroxylation is 1. The molecule has 2 N–H and O–H groups in total. The van der Waals surface area contributed by atoms with Gasteiger partial charge in [-0.05, 0) is 60.0 Å². The Hall–Kier alpha value is -2.58. The number of thioether (sulfide) groups is 1. The van der Waals surface area contributed by atoms with Crippen molar-refractivity contribution in [3.63, 3.8) is 0 Å². The Balaban J connectivity index is 1.69. The number of anilines is 1. The van der Waals surface area contributed by atoms with E-state index in [9.17, 15) is 19.5 Å². The summed E-state index contributed by atoms with van der Waals surface area (Å²) < 4.78 is 0. The van der Waals surface area contributed by atoms with E-state index in [1.54, 1.807) is 19.1 Å². The highest BCUT2D eigenvalue weighted by molar-refractivity contribution is 8.18. The molecule has 1 aliphatic rings. The normalized spacial score (nSPS) is 15.9. The Labute approximate surface area is 152 Å². The van der Waals surface area contributed by atoms with E-state index in [-0.39, 0.29) is 12.3 Å². The molecule has 3 rings (SSSR count). The number of thiophene rings is 1. The number of nitrogens with zero attached hydrogens (tertiary/aromatic N) is 1. The van der Waals surface area contributed by atoms with E-state index in [0.717, 1.165) is 21.5 Å². The van der Waals surface area contributed by atoms with Crippen molar-refractivity contribution < 1.29 is 19.5 Å². The van der Waals surface area contributed by atoms with Crippen molar-refractivity contribution in [2.24, 2.45) is 0 Å². The van der Waals surface area contributed by atoms with E-state index in [4.69, 9.17) is 0 Å². The van der Waals surface area contributed by atoms with Gasteiger partial charge < -0.3 is 10.4 Å². The average molecular weight is 374 g/mol. The van der Waals surface area contributed by atoms with E-state index in [0.29, 0.717) is 16.2 Å². The molecule has 1 saturated heterocycles. The highest BCUT2D eigenvalue weighted by atomic mass is 32.2. The molecular formula is C17H14N2O4S2. The maximum Gasteiger partial charge on any atom is 0.294 e. The number of rotatable bonds is 4. The molecule has 25 heavy (non-hydrogen) atoms. The minimum Gasteiger partial charge on any atom is -0.508 e. The molecular weight excluding hydrogens is 360 g/mol. The molecule has 0 spiro atoms. The zero-order valence-corrected chi connectivity index (χ0v) is 14.8. The van der Waals surface area contributed by atoms with Crippen LogP contribution in [0.2, 0.25) is 0 Å². The number of carbonyl (C=O) groups excluding carboxylic acids is 3. The molecule has 2 heterocycles. The molecule has 0 radical (unpaired) electrons. The second-order valence-corrected chi connectivity index (χ2v) is 7.30. The number of amides is 3. The third-order valence-electron chi connectivity index (χ3n) is 3.48. The predicted molar refractivity (Wildman–Crippen MR) is 98.5 cm³/mol. The van der Waals surface area contributed by atoms with Gasteiger partial charge in [0.1, 0.15) is 12.3 Å². The summed E-state index contributed by atoms with van der Waals surface area (Å²) in [4.78, 5) is 38.7. The van der Waals surface area contributed by atoms with Gasteiger partial charge in [-0.15, -0.1) is 11.3 Å². The molecule has 0 aliphatic carbocycles. The van der Waals surface area contributed by atoms with Crippen LogP contribution in [0.1, 0.15) is 10.4 Å². The molecule has 1 aromatic heterocycles. The lowest BCUT2D eigenvalue weighted by Gasteiger charge is -2.13. The van der Waals surface area contributed by atoms with Crippen LogP contribution in [0.5, 0.6) is 5.75 Å². The number of hydrogen-bond donors (Lipinski definition) is 2. The summed E-state index contributed by atoms with van der Waals surface area (Å²) in [5.74, 6) is -0.852. The summed E-state index contributed by atoms with van der Waals surface area (Å²) in [7, 11) is 0. The molecule has 2 aromatic rings. The van der Waals surface area contributed by atoms with Crippen LogP contribution in [0.3, 0.4) is 0 Å². The van der Waals surface area contributed by atoms with Gasteiger partial charge in [0.2, 0.25) is 5.91 Å². The number of hydrogen-bond acceptors (Lipinski definition) is 6. The van der Waals surface area contributed by atoms with Gasteiger partial charge in [0.05, 0.1) is 4.91 Å². The van der Waals surface area contributed by atoms with Crippen molar-refractivity contribution in [1.29, 1.82) is 0 Å². The predicted octanol–water partition coefficient (Wildman–Crippen LogP) is 3.44. The fraction of sp³-hybridized carbons (Fsp3) is 0.118. The van der Waals surface area contributed by atoms with Crippen LogP contribution in [0.15, 0.2) is 40.6 Å². The van der Waals surface area contributed by atoms with Gasteiger partial charge in [0.15, 0.2) is 0 Å². The van der Waals surface area contributed by atoms with E-state index in [1.807, 2.05) is 17.5 Å². The topological polar surface area (TPSA) is 86.7 Å². The maximum atomic E-state index is 12.3. The molecule has 0 bridgehead atoms. The molecule has 0 atom stereocenters. The number of benzene rings is 1. The first kappa shape index (κ1) is 17.2. The van der Waals surface area contributed by atoms with Crippen molar-refractivity contribution in [3.8, 4) is 5.75 Å². The van der Waals surface area contributed by atoms with Crippen LogP contribution in [0, 0.1) is 6.92 Å². The average Bonchev–Trinajstić information content (AvgIpc) is 3.15. The third kappa shape index (κ3) is 3.92. The minimum absolute atomic E-state index is 0.0974. The Morgan fingerprint density at radius 1 is 1.32 bits per heavy atom. The van der Waals surface area contributed by atoms with E-state index in [1.165, 1.54) is 23.5 Å². The molecule has 8 heteroatoms. The molecule has 1 aromatic carbocycles. The zero-order chi connectivity index (χ0) is 18.0. The summed E-state index contributed by atoms with van der Waals surface area (Å²) in [6.07, 6.45) is 1.65. The van der Waals surface area contributed by atoms with Crippen LogP contribution in [0.4, 0.5) is 10.5 Å². The van der Waals surface area contributed by atoms with E-state index >= 15 is 0 Å². The molecule has 0 saturated carbocycles. The minimum atomic E-state index is -0.478. The van der Waals surface area contributed by atoms with Gasteiger partial charge in [-0.25, -0.2) is 0 Å². The second kappa shape index (κ2) is 7.12. The van der Waals surface area contributed by atoms with E-state index < -0.39 is 17.1 Å². The van der Waals surface area contributed by atoms with Crippen LogP contribution >= 0.6 is 23.1 Å². The molecule has 0 unspecified atom stereocenters.